The van der Waals surface area contributed by atoms with Gasteiger partial charge in [-0.25, -0.2) is 4.98 Å². The zero-order valence-electron chi connectivity index (χ0n) is 10.8. The molecular weight excluding hydrogens is 267 g/mol. The number of aryl methyl sites for hydroxylation is 2. The third-order valence-electron chi connectivity index (χ3n) is 2.63. The standard InChI is InChI=1S/C12H11FN4O3/c1-6-4-10(7(2)3-9(6)17(18)19)20-11-8(13)5-15-12(14)16-11/h3-5H,1-2H3,(H2,14,15,16). The molecule has 0 spiro atoms. The third-order valence-corrected chi connectivity index (χ3v) is 2.63. The fraction of sp³-hybridized carbons (Fsp3) is 0.167. The summed E-state index contributed by atoms with van der Waals surface area (Å²) in [6.07, 6.45) is 0.894. The summed E-state index contributed by atoms with van der Waals surface area (Å²) in [4.78, 5) is 17.4. The topological polar surface area (TPSA) is 104 Å². The van der Waals surface area contributed by atoms with Gasteiger partial charge in [0.05, 0.1) is 11.1 Å². The van der Waals surface area contributed by atoms with Gasteiger partial charge in [0.25, 0.3) is 11.6 Å². The number of anilines is 1. The Bertz CT molecular complexity index is 691. The van der Waals surface area contributed by atoms with Crippen LogP contribution >= 0.6 is 0 Å². The molecule has 8 heteroatoms. The Kier molecular flexibility index (Phi) is 3.47. The smallest absolute Gasteiger partial charge is 0.272 e. The molecule has 7 nitrogen and oxygen atoms in total. The number of ether oxygens (including phenoxy) is 1. The normalized spacial score (nSPS) is 10.3. The van der Waals surface area contributed by atoms with Crippen LogP contribution < -0.4 is 10.5 Å². The minimum Gasteiger partial charge on any atom is -0.436 e. The van der Waals surface area contributed by atoms with Gasteiger partial charge >= 0.3 is 0 Å². The summed E-state index contributed by atoms with van der Waals surface area (Å²) in [5, 5.41) is 10.8. The Morgan fingerprint density at radius 1 is 1.35 bits per heavy atom. The molecule has 0 radical (unpaired) electrons. The molecule has 0 bridgehead atoms. The summed E-state index contributed by atoms with van der Waals surface area (Å²) in [5.74, 6) is -0.953. The van der Waals surface area contributed by atoms with Crippen molar-refractivity contribution in [1.82, 2.24) is 9.97 Å². The molecule has 20 heavy (non-hydrogen) atoms. The monoisotopic (exact) mass is 278 g/mol. The van der Waals surface area contributed by atoms with Crippen molar-refractivity contribution in [1.29, 1.82) is 0 Å². The maximum atomic E-state index is 13.5. The van der Waals surface area contributed by atoms with Crippen LogP contribution in [-0.4, -0.2) is 14.9 Å². The number of rotatable bonds is 3. The van der Waals surface area contributed by atoms with Crippen LogP contribution in [0.25, 0.3) is 0 Å². The highest BCUT2D eigenvalue weighted by atomic mass is 19.1. The Balaban J connectivity index is 2.42. The molecule has 0 saturated heterocycles. The molecule has 2 aromatic rings. The van der Waals surface area contributed by atoms with Crippen molar-refractivity contribution in [3.8, 4) is 11.6 Å². The molecule has 104 valence electrons. The van der Waals surface area contributed by atoms with Gasteiger partial charge in [-0.3, -0.25) is 10.1 Å². The molecule has 0 atom stereocenters. The lowest BCUT2D eigenvalue weighted by Gasteiger charge is -2.09. The van der Waals surface area contributed by atoms with Crippen LogP contribution in [0.5, 0.6) is 11.6 Å². The number of nitrogens with zero attached hydrogens (tertiary/aromatic N) is 3. The fourth-order valence-electron chi connectivity index (χ4n) is 1.62. The third kappa shape index (κ3) is 2.63. The van der Waals surface area contributed by atoms with E-state index in [2.05, 4.69) is 9.97 Å². The van der Waals surface area contributed by atoms with Crippen molar-refractivity contribution >= 4 is 11.6 Å². The molecular formula is C12H11FN4O3. The number of hydrogen-bond acceptors (Lipinski definition) is 6. The Morgan fingerprint density at radius 2 is 2.05 bits per heavy atom. The molecule has 2 rings (SSSR count). The Labute approximate surface area is 113 Å². The van der Waals surface area contributed by atoms with E-state index in [0.29, 0.717) is 11.1 Å². The number of hydrogen-bond donors (Lipinski definition) is 1. The zero-order chi connectivity index (χ0) is 14.9. The molecule has 1 aromatic carbocycles. The highest BCUT2D eigenvalue weighted by Gasteiger charge is 2.16. The fourth-order valence-corrected chi connectivity index (χ4v) is 1.62. The lowest BCUT2D eigenvalue weighted by Crippen LogP contribution is -2.01. The molecule has 0 aliphatic carbocycles. The Morgan fingerprint density at radius 3 is 2.70 bits per heavy atom. The number of nitrogens with two attached hydrogens (primary N) is 1. The first kappa shape index (κ1) is 13.7. The largest absolute Gasteiger partial charge is 0.436 e. The second-order valence-corrected chi connectivity index (χ2v) is 4.14. The van der Waals surface area contributed by atoms with E-state index >= 15 is 0 Å². The van der Waals surface area contributed by atoms with E-state index in [4.69, 9.17) is 10.5 Å². The van der Waals surface area contributed by atoms with Crippen LogP contribution in [0.15, 0.2) is 18.3 Å². The number of nitro groups is 1. The molecule has 0 amide bonds. The quantitative estimate of drug-likeness (QED) is 0.683. The molecule has 1 aromatic heterocycles. The maximum absolute atomic E-state index is 13.5. The van der Waals surface area contributed by atoms with Crippen LogP contribution in [-0.2, 0) is 0 Å². The van der Waals surface area contributed by atoms with Crippen molar-refractivity contribution in [3.63, 3.8) is 0 Å². The molecule has 0 saturated carbocycles. The van der Waals surface area contributed by atoms with Gasteiger partial charge in [0.15, 0.2) is 0 Å². The van der Waals surface area contributed by atoms with E-state index < -0.39 is 10.7 Å². The summed E-state index contributed by atoms with van der Waals surface area (Å²) in [5.41, 5.74) is 6.21. The van der Waals surface area contributed by atoms with Crippen LogP contribution in [0.3, 0.4) is 0 Å². The van der Waals surface area contributed by atoms with Crippen molar-refractivity contribution in [2.75, 3.05) is 5.73 Å². The molecule has 2 N–H and O–H groups in total. The number of benzene rings is 1. The molecule has 0 unspecified atom stereocenters. The second-order valence-electron chi connectivity index (χ2n) is 4.14. The van der Waals surface area contributed by atoms with E-state index in [-0.39, 0.29) is 23.3 Å². The molecule has 0 fully saturated rings. The minimum absolute atomic E-state index is 0.0301. The summed E-state index contributed by atoms with van der Waals surface area (Å²) >= 11 is 0. The first-order valence-corrected chi connectivity index (χ1v) is 5.60. The van der Waals surface area contributed by atoms with E-state index in [1.807, 2.05) is 0 Å². The van der Waals surface area contributed by atoms with Gasteiger partial charge in [0, 0.05) is 11.6 Å². The van der Waals surface area contributed by atoms with E-state index in [9.17, 15) is 14.5 Å². The van der Waals surface area contributed by atoms with Crippen molar-refractivity contribution in [2.45, 2.75) is 13.8 Å². The van der Waals surface area contributed by atoms with Crippen molar-refractivity contribution in [3.05, 3.63) is 45.4 Å². The van der Waals surface area contributed by atoms with Gasteiger partial charge < -0.3 is 10.5 Å². The van der Waals surface area contributed by atoms with Crippen LogP contribution in [0.2, 0.25) is 0 Å². The average Bonchev–Trinajstić information content (AvgIpc) is 2.37. The number of halogens is 1. The minimum atomic E-state index is -0.769. The van der Waals surface area contributed by atoms with Crippen LogP contribution in [0.4, 0.5) is 16.0 Å². The van der Waals surface area contributed by atoms with Crippen LogP contribution in [0, 0.1) is 29.8 Å². The Hall–Kier alpha value is -2.77. The van der Waals surface area contributed by atoms with Gasteiger partial charge in [-0.1, -0.05) is 0 Å². The lowest BCUT2D eigenvalue weighted by molar-refractivity contribution is -0.385. The number of nitro benzene ring substituents is 1. The SMILES string of the molecule is Cc1cc([N+](=O)[O-])c(C)cc1Oc1nc(N)ncc1F. The number of aromatic nitrogens is 2. The number of nitrogen functional groups attached to an aromatic ring is 1. The first-order chi connectivity index (χ1) is 9.38. The predicted octanol–water partition coefficient (Wildman–Crippen LogP) is 2.52. The van der Waals surface area contributed by atoms with E-state index in [1.165, 1.54) is 12.1 Å². The highest BCUT2D eigenvalue weighted by molar-refractivity contribution is 5.50. The van der Waals surface area contributed by atoms with Gasteiger partial charge in [0.1, 0.15) is 5.75 Å². The van der Waals surface area contributed by atoms with Crippen molar-refractivity contribution < 1.29 is 14.1 Å². The van der Waals surface area contributed by atoms with Crippen molar-refractivity contribution in [2.24, 2.45) is 0 Å². The van der Waals surface area contributed by atoms with Crippen LogP contribution in [0.1, 0.15) is 11.1 Å². The summed E-state index contributed by atoms with van der Waals surface area (Å²) in [6.45, 7) is 3.18. The summed E-state index contributed by atoms with van der Waals surface area (Å²) in [6, 6.07) is 2.80. The summed E-state index contributed by atoms with van der Waals surface area (Å²) < 4.78 is 18.8. The van der Waals surface area contributed by atoms with Gasteiger partial charge in [0.2, 0.25) is 11.8 Å². The highest BCUT2D eigenvalue weighted by Crippen LogP contribution is 2.31. The molecule has 1 heterocycles. The predicted molar refractivity (Wildman–Crippen MR) is 69.0 cm³/mol. The average molecular weight is 278 g/mol. The summed E-state index contributed by atoms with van der Waals surface area (Å²) in [7, 11) is 0. The first-order valence-electron chi connectivity index (χ1n) is 5.60. The lowest BCUT2D eigenvalue weighted by atomic mass is 10.1. The van der Waals surface area contributed by atoms with E-state index in [0.717, 1.165) is 6.20 Å². The van der Waals surface area contributed by atoms with Gasteiger partial charge in [-0.2, -0.15) is 9.37 Å². The zero-order valence-corrected chi connectivity index (χ0v) is 10.8. The molecule has 0 aliphatic heterocycles. The van der Waals surface area contributed by atoms with Gasteiger partial charge in [-0.15, -0.1) is 0 Å². The maximum Gasteiger partial charge on any atom is 0.272 e. The molecule has 0 aliphatic rings. The van der Waals surface area contributed by atoms with Gasteiger partial charge in [-0.05, 0) is 25.5 Å². The second kappa shape index (κ2) is 5.08. The van der Waals surface area contributed by atoms with E-state index in [1.54, 1.807) is 13.8 Å².